The monoisotopic (exact) mass is 401 g/mol. The first-order valence-corrected chi connectivity index (χ1v) is 9.87. The van der Waals surface area contributed by atoms with Gasteiger partial charge in [0.15, 0.2) is 5.65 Å². The van der Waals surface area contributed by atoms with Crippen molar-refractivity contribution in [2.75, 3.05) is 37.4 Å². The van der Waals surface area contributed by atoms with Crippen LogP contribution in [-0.2, 0) is 0 Å². The molecule has 5 rings (SSSR count). The Bertz CT molecular complexity index is 1210. The predicted octanol–water partition coefficient (Wildman–Crippen LogP) is 2.69. The molecule has 8 nitrogen and oxygen atoms in total. The molecule has 0 aliphatic carbocycles. The number of rotatable bonds is 2. The number of aromatic nitrogens is 4. The lowest BCUT2D eigenvalue weighted by atomic mass is 10.1. The normalized spacial score (nSPS) is 14.2. The number of nitrogens with two attached hydrogens (primary N) is 1. The lowest BCUT2D eigenvalue weighted by Crippen LogP contribution is -2.32. The largest absolute Gasteiger partial charge is 0.492 e. The van der Waals surface area contributed by atoms with Crippen LogP contribution in [0.1, 0.15) is 5.69 Å². The van der Waals surface area contributed by atoms with Crippen LogP contribution in [-0.4, -0.2) is 50.4 Å². The quantitative estimate of drug-likeness (QED) is 0.503. The fourth-order valence-corrected chi connectivity index (χ4v) is 3.70. The Morgan fingerprint density at radius 2 is 2.07 bits per heavy atom. The summed E-state index contributed by atoms with van der Waals surface area (Å²) in [6.07, 6.45) is 5.57. The van der Waals surface area contributed by atoms with E-state index in [1.54, 1.807) is 9.19 Å². The molecule has 152 valence electrons. The minimum atomic E-state index is 0.528. The topological polar surface area (TPSA) is 85.6 Å². The van der Waals surface area contributed by atoms with E-state index in [4.69, 9.17) is 15.6 Å². The maximum Gasteiger partial charge on any atom is 0.165 e. The molecule has 0 saturated heterocycles. The Balaban J connectivity index is 1.49. The molecular weight excluding hydrogens is 378 g/mol. The number of hydrogen-bond donors (Lipinski definition) is 2. The molecule has 4 heterocycles. The number of nitrogen functional groups attached to an aromatic ring is 1. The molecule has 1 aliphatic heterocycles. The fraction of sp³-hybridized carbons (Fsp3) is 0.182. The van der Waals surface area contributed by atoms with Crippen LogP contribution in [0.15, 0.2) is 67.6 Å². The van der Waals surface area contributed by atoms with Gasteiger partial charge in [0.1, 0.15) is 18.2 Å². The molecule has 8 heteroatoms. The molecule has 0 unspecified atom stereocenters. The van der Waals surface area contributed by atoms with Crippen LogP contribution >= 0.6 is 0 Å². The van der Waals surface area contributed by atoms with Crippen molar-refractivity contribution in [1.29, 1.82) is 0 Å². The molecule has 0 radical (unpaired) electrons. The van der Waals surface area contributed by atoms with Crippen molar-refractivity contribution in [2.45, 2.75) is 0 Å². The van der Waals surface area contributed by atoms with E-state index < -0.39 is 0 Å². The molecule has 1 aliphatic rings. The van der Waals surface area contributed by atoms with Gasteiger partial charge in [-0.3, -0.25) is 4.68 Å². The summed E-state index contributed by atoms with van der Waals surface area (Å²) >= 11 is 0. The van der Waals surface area contributed by atoms with Gasteiger partial charge >= 0.3 is 0 Å². The van der Waals surface area contributed by atoms with E-state index in [0.717, 1.165) is 46.3 Å². The average Bonchev–Trinajstić information content (AvgIpc) is 3.37. The molecular formula is C22H23N7O. The lowest BCUT2D eigenvalue weighted by Gasteiger charge is -2.27. The van der Waals surface area contributed by atoms with Crippen molar-refractivity contribution in [3.05, 3.63) is 73.3 Å². The third-order valence-corrected chi connectivity index (χ3v) is 5.29. The molecule has 0 saturated carbocycles. The van der Waals surface area contributed by atoms with Crippen molar-refractivity contribution in [2.24, 2.45) is 0 Å². The van der Waals surface area contributed by atoms with E-state index >= 15 is 0 Å². The Labute approximate surface area is 174 Å². The zero-order chi connectivity index (χ0) is 20.5. The van der Waals surface area contributed by atoms with Crippen LogP contribution in [0.3, 0.4) is 0 Å². The SMILES string of the molecule is C=C(c1cccn1N)N1CCNc2ccn3ncc(c3n2)-c2cccc(c2)OCC1. The van der Waals surface area contributed by atoms with E-state index in [1.165, 1.54) is 0 Å². The predicted molar refractivity (Wildman–Crippen MR) is 118 cm³/mol. The molecule has 0 atom stereocenters. The van der Waals surface area contributed by atoms with E-state index in [1.807, 2.05) is 61.1 Å². The standard InChI is InChI=1S/C22H23N7O/c1-16(20-6-3-9-28(20)23)27-11-8-24-21-7-10-29-22(26-21)19(15-25-29)17-4-2-5-18(14-17)30-13-12-27/h2-7,9-10,14-15H,1,8,11-13,23H2,(H,24,26). The molecule has 0 amide bonds. The van der Waals surface area contributed by atoms with Gasteiger partial charge in [-0.25, -0.2) is 9.50 Å². The summed E-state index contributed by atoms with van der Waals surface area (Å²) < 4.78 is 9.42. The van der Waals surface area contributed by atoms with Crippen LogP contribution in [0.25, 0.3) is 22.5 Å². The van der Waals surface area contributed by atoms with E-state index in [2.05, 4.69) is 21.9 Å². The number of benzene rings is 1. The average molecular weight is 401 g/mol. The number of anilines is 1. The van der Waals surface area contributed by atoms with Crippen molar-refractivity contribution >= 4 is 17.2 Å². The maximum atomic E-state index is 6.06. The smallest absolute Gasteiger partial charge is 0.165 e. The Kier molecular flexibility index (Phi) is 4.51. The summed E-state index contributed by atoms with van der Waals surface area (Å²) in [7, 11) is 0. The first kappa shape index (κ1) is 18.1. The van der Waals surface area contributed by atoms with Gasteiger partial charge in [0.2, 0.25) is 0 Å². The van der Waals surface area contributed by atoms with Gasteiger partial charge in [-0.2, -0.15) is 5.10 Å². The molecule has 1 aromatic carbocycles. The third kappa shape index (κ3) is 3.32. The number of nitrogens with one attached hydrogen (secondary N) is 1. The highest BCUT2D eigenvalue weighted by Gasteiger charge is 2.15. The maximum absolute atomic E-state index is 6.06. The third-order valence-electron chi connectivity index (χ3n) is 5.29. The van der Waals surface area contributed by atoms with Crippen molar-refractivity contribution < 1.29 is 4.74 Å². The fourth-order valence-electron chi connectivity index (χ4n) is 3.70. The summed E-state index contributed by atoms with van der Waals surface area (Å²) in [5, 5.41) is 7.84. The summed E-state index contributed by atoms with van der Waals surface area (Å²) in [4.78, 5) is 6.94. The highest BCUT2D eigenvalue weighted by molar-refractivity contribution is 5.78. The minimum absolute atomic E-state index is 0.528. The summed E-state index contributed by atoms with van der Waals surface area (Å²) in [5.74, 6) is 7.65. The second-order valence-corrected chi connectivity index (χ2v) is 7.18. The minimum Gasteiger partial charge on any atom is -0.492 e. The molecule has 30 heavy (non-hydrogen) atoms. The molecule has 4 aromatic rings. The van der Waals surface area contributed by atoms with Crippen LogP contribution in [0.5, 0.6) is 5.75 Å². The Morgan fingerprint density at radius 3 is 2.93 bits per heavy atom. The molecule has 3 N–H and O–H groups in total. The van der Waals surface area contributed by atoms with Crippen LogP contribution in [0.2, 0.25) is 0 Å². The van der Waals surface area contributed by atoms with Crippen molar-refractivity contribution in [1.82, 2.24) is 24.2 Å². The molecule has 3 aromatic heterocycles. The van der Waals surface area contributed by atoms with Gasteiger partial charge in [0, 0.05) is 31.0 Å². The second kappa shape index (κ2) is 7.47. The second-order valence-electron chi connectivity index (χ2n) is 7.18. The molecule has 0 fully saturated rings. The van der Waals surface area contributed by atoms with Crippen molar-refractivity contribution in [3.63, 3.8) is 0 Å². The van der Waals surface area contributed by atoms with Gasteiger partial charge in [-0.15, -0.1) is 0 Å². The van der Waals surface area contributed by atoms with Gasteiger partial charge in [-0.05, 0) is 35.9 Å². The van der Waals surface area contributed by atoms with Gasteiger partial charge in [0.05, 0.1) is 24.1 Å². The zero-order valence-electron chi connectivity index (χ0n) is 16.5. The van der Waals surface area contributed by atoms with E-state index in [9.17, 15) is 0 Å². The van der Waals surface area contributed by atoms with Crippen LogP contribution in [0.4, 0.5) is 5.82 Å². The summed E-state index contributed by atoms with van der Waals surface area (Å²) in [5.41, 5.74) is 4.53. The number of ether oxygens (including phenoxy) is 1. The Hall–Kier alpha value is -3.94. The van der Waals surface area contributed by atoms with Crippen LogP contribution in [0, 0.1) is 0 Å². The van der Waals surface area contributed by atoms with Crippen LogP contribution < -0.4 is 15.9 Å². The molecule has 0 spiro atoms. The first-order valence-electron chi connectivity index (χ1n) is 9.87. The Morgan fingerprint density at radius 1 is 1.13 bits per heavy atom. The molecule has 4 bridgehead atoms. The first-order chi connectivity index (χ1) is 14.7. The van der Waals surface area contributed by atoms with Gasteiger partial charge < -0.3 is 20.8 Å². The summed E-state index contributed by atoms with van der Waals surface area (Å²) in [6.45, 7) is 6.90. The van der Waals surface area contributed by atoms with E-state index in [0.29, 0.717) is 19.7 Å². The number of fused-ring (bicyclic) bond motifs is 4. The van der Waals surface area contributed by atoms with E-state index in [-0.39, 0.29) is 0 Å². The summed E-state index contributed by atoms with van der Waals surface area (Å²) in [6, 6.07) is 13.8. The lowest BCUT2D eigenvalue weighted by molar-refractivity contribution is 0.265. The van der Waals surface area contributed by atoms with Gasteiger partial charge in [-0.1, -0.05) is 18.7 Å². The highest BCUT2D eigenvalue weighted by Crippen LogP contribution is 2.27. The van der Waals surface area contributed by atoms with Crippen molar-refractivity contribution in [3.8, 4) is 16.9 Å². The number of nitrogens with zero attached hydrogens (tertiary/aromatic N) is 5. The highest BCUT2D eigenvalue weighted by atomic mass is 16.5. The van der Waals surface area contributed by atoms with Gasteiger partial charge in [0.25, 0.3) is 0 Å². The zero-order valence-corrected chi connectivity index (χ0v) is 16.5. The number of hydrogen-bond acceptors (Lipinski definition) is 6.